The molecule has 112 valence electrons. The van der Waals surface area contributed by atoms with Crippen LogP contribution in [0.4, 0.5) is 13.2 Å². The molecule has 0 N–H and O–H groups in total. The van der Waals surface area contributed by atoms with Crippen molar-refractivity contribution in [3.05, 3.63) is 75.1 Å². The Balaban J connectivity index is 2.37. The highest BCUT2D eigenvalue weighted by atomic mass is 19.4. The summed E-state index contributed by atoms with van der Waals surface area (Å²) in [6.45, 7) is 0. The summed E-state index contributed by atoms with van der Waals surface area (Å²) in [5.41, 5.74) is -1.57. The molecule has 22 heavy (non-hydrogen) atoms. The van der Waals surface area contributed by atoms with Crippen LogP contribution in [0.1, 0.15) is 5.56 Å². The van der Waals surface area contributed by atoms with Crippen molar-refractivity contribution in [2.24, 2.45) is 0 Å². The number of rotatable bonds is 1. The first-order valence-electron chi connectivity index (χ1n) is 6.20. The van der Waals surface area contributed by atoms with E-state index >= 15 is 0 Å². The molecule has 0 aliphatic heterocycles. The number of fused-ring (bicyclic) bond motifs is 1. The molecule has 1 heterocycles. The zero-order chi connectivity index (χ0) is 15.9. The highest BCUT2D eigenvalue weighted by Gasteiger charge is 2.30. The van der Waals surface area contributed by atoms with Gasteiger partial charge in [-0.05, 0) is 30.3 Å². The fourth-order valence-electron chi connectivity index (χ4n) is 2.19. The van der Waals surface area contributed by atoms with Crippen LogP contribution < -0.4 is 11.4 Å². The van der Waals surface area contributed by atoms with E-state index in [2.05, 4.69) is 4.42 Å². The summed E-state index contributed by atoms with van der Waals surface area (Å²) in [6.07, 6.45) is -4.54. The molecule has 0 saturated heterocycles. The Morgan fingerprint density at radius 1 is 0.955 bits per heavy atom. The van der Waals surface area contributed by atoms with E-state index in [1.54, 1.807) is 12.1 Å². The molecule has 1 aromatic heterocycles. The summed E-state index contributed by atoms with van der Waals surface area (Å²) in [6, 6.07) is 10.3. The van der Waals surface area contributed by atoms with Crippen LogP contribution in [-0.2, 0) is 6.18 Å². The molecule has 0 unspecified atom stereocenters. The van der Waals surface area contributed by atoms with Crippen molar-refractivity contribution in [1.82, 2.24) is 4.57 Å². The lowest BCUT2D eigenvalue weighted by Crippen LogP contribution is -2.24. The largest absolute Gasteiger partial charge is 0.426 e. The minimum atomic E-state index is -4.54. The van der Waals surface area contributed by atoms with Crippen LogP contribution in [0.3, 0.4) is 0 Å². The molecule has 0 amide bonds. The summed E-state index contributed by atoms with van der Waals surface area (Å²) in [5.74, 6) is -1.04. The monoisotopic (exact) mass is 307 g/mol. The zero-order valence-corrected chi connectivity index (χ0v) is 10.9. The highest BCUT2D eigenvalue weighted by Crippen LogP contribution is 2.30. The second-order valence-electron chi connectivity index (χ2n) is 4.56. The van der Waals surface area contributed by atoms with Crippen molar-refractivity contribution in [3.8, 4) is 5.69 Å². The van der Waals surface area contributed by atoms with Gasteiger partial charge in [0.05, 0.1) is 22.2 Å². The standard InChI is InChI=1S/C15H8F3NO3/c16-15(17,18)9-4-3-5-10(8-9)19-12-7-2-1-6-11(12)13(20)22-14(19)21/h1-8H. The third-order valence-corrected chi connectivity index (χ3v) is 3.16. The van der Waals surface area contributed by atoms with Crippen molar-refractivity contribution < 1.29 is 17.6 Å². The van der Waals surface area contributed by atoms with Gasteiger partial charge in [-0.1, -0.05) is 18.2 Å². The Morgan fingerprint density at radius 2 is 1.68 bits per heavy atom. The van der Waals surface area contributed by atoms with Crippen molar-refractivity contribution in [3.63, 3.8) is 0 Å². The third kappa shape index (κ3) is 2.30. The molecule has 4 nitrogen and oxygen atoms in total. The molecule has 0 aliphatic rings. The number of para-hydroxylation sites is 1. The number of alkyl halides is 3. The van der Waals surface area contributed by atoms with Gasteiger partial charge in [-0.2, -0.15) is 13.2 Å². The van der Waals surface area contributed by atoms with E-state index < -0.39 is 23.1 Å². The summed E-state index contributed by atoms with van der Waals surface area (Å²) < 4.78 is 43.9. The smallest absolute Gasteiger partial charge is 0.372 e. The molecular weight excluding hydrogens is 299 g/mol. The lowest BCUT2D eigenvalue weighted by atomic mass is 10.2. The molecule has 0 radical (unpaired) electrons. The summed E-state index contributed by atoms with van der Waals surface area (Å²) >= 11 is 0. The Morgan fingerprint density at radius 3 is 2.41 bits per heavy atom. The van der Waals surface area contributed by atoms with Crippen molar-refractivity contribution in [2.75, 3.05) is 0 Å². The lowest BCUT2D eigenvalue weighted by molar-refractivity contribution is -0.137. The van der Waals surface area contributed by atoms with Gasteiger partial charge in [0, 0.05) is 0 Å². The Kier molecular flexibility index (Phi) is 3.13. The van der Waals surface area contributed by atoms with Crippen LogP contribution >= 0.6 is 0 Å². The van der Waals surface area contributed by atoms with E-state index in [-0.39, 0.29) is 16.6 Å². The number of benzene rings is 2. The number of halogens is 3. The van der Waals surface area contributed by atoms with E-state index in [1.807, 2.05) is 0 Å². The van der Waals surface area contributed by atoms with Gasteiger partial charge >= 0.3 is 17.6 Å². The van der Waals surface area contributed by atoms with Crippen LogP contribution in [0.5, 0.6) is 0 Å². The fraction of sp³-hybridized carbons (Fsp3) is 0.0667. The fourth-order valence-corrected chi connectivity index (χ4v) is 2.19. The van der Waals surface area contributed by atoms with Crippen LogP contribution in [0.2, 0.25) is 0 Å². The highest BCUT2D eigenvalue weighted by molar-refractivity contribution is 5.79. The van der Waals surface area contributed by atoms with Gasteiger partial charge in [0.25, 0.3) is 0 Å². The minimum absolute atomic E-state index is 0.0280. The summed E-state index contributed by atoms with van der Waals surface area (Å²) in [4.78, 5) is 23.6. The minimum Gasteiger partial charge on any atom is -0.372 e. The number of nitrogens with zero attached hydrogens (tertiary/aromatic N) is 1. The average Bonchev–Trinajstić information content (AvgIpc) is 2.47. The van der Waals surface area contributed by atoms with Gasteiger partial charge in [0.1, 0.15) is 0 Å². The van der Waals surface area contributed by atoms with Gasteiger partial charge in [0.15, 0.2) is 0 Å². The summed E-state index contributed by atoms with van der Waals surface area (Å²) in [5, 5.41) is 0.111. The van der Waals surface area contributed by atoms with E-state index in [4.69, 9.17) is 0 Å². The molecular formula is C15H8F3NO3. The van der Waals surface area contributed by atoms with Gasteiger partial charge in [-0.3, -0.25) is 0 Å². The molecule has 2 aromatic carbocycles. The SMILES string of the molecule is O=c1oc(=O)n(-c2cccc(C(F)(F)F)c2)c2ccccc12. The predicted molar refractivity (Wildman–Crippen MR) is 73.1 cm³/mol. The molecule has 0 aliphatic carbocycles. The predicted octanol–water partition coefficient (Wildman–Crippen LogP) is 2.96. The van der Waals surface area contributed by atoms with Crippen molar-refractivity contribution >= 4 is 10.9 Å². The zero-order valence-electron chi connectivity index (χ0n) is 10.9. The summed E-state index contributed by atoms with van der Waals surface area (Å²) in [7, 11) is 0. The third-order valence-electron chi connectivity index (χ3n) is 3.16. The Hall–Kier alpha value is -2.83. The maximum Gasteiger partial charge on any atom is 0.426 e. The van der Waals surface area contributed by atoms with Crippen LogP contribution in [0, 0.1) is 0 Å². The first-order valence-corrected chi connectivity index (χ1v) is 6.20. The molecule has 0 saturated carbocycles. The average molecular weight is 307 g/mol. The molecule has 0 fully saturated rings. The molecule has 3 rings (SSSR count). The van der Waals surface area contributed by atoms with Gasteiger partial charge < -0.3 is 4.42 Å². The van der Waals surface area contributed by atoms with E-state index in [9.17, 15) is 22.8 Å². The Labute approximate surface area is 121 Å². The normalized spacial score (nSPS) is 11.8. The second-order valence-corrected chi connectivity index (χ2v) is 4.56. The lowest BCUT2D eigenvalue weighted by Gasteiger charge is -2.11. The van der Waals surface area contributed by atoms with Crippen molar-refractivity contribution in [2.45, 2.75) is 6.18 Å². The van der Waals surface area contributed by atoms with Crippen LogP contribution in [0.15, 0.2) is 62.5 Å². The molecule has 0 bridgehead atoms. The Bertz CT molecular complexity index is 970. The first-order chi connectivity index (χ1) is 10.4. The molecule has 7 heteroatoms. The first kappa shape index (κ1) is 14.1. The second kappa shape index (κ2) is 4.87. The van der Waals surface area contributed by atoms with E-state index in [0.29, 0.717) is 0 Å². The van der Waals surface area contributed by atoms with Gasteiger partial charge in [-0.25, -0.2) is 14.2 Å². The maximum atomic E-state index is 12.8. The molecule has 3 aromatic rings. The van der Waals surface area contributed by atoms with Crippen molar-refractivity contribution in [1.29, 1.82) is 0 Å². The number of hydrogen-bond donors (Lipinski definition) is 0. The van der Waals surface area contributed by atoms with Crippen LogP contribution in [-0.4, -0.2) is 4.57 Å². The number of aromatic nitrogens is 1. The maximum absolute atomic E-state index is 12.8. The number of hydrogen-bond acceptors (Lipinski definition) is 3. The topological polar surface area (TPSA) is 52.2 Å². The van der Waals surface area contributed by atoms with E-state index in [0.717, 1.165) is 16.7 Å². The molecule has 0 atom stereocenters. The molecule has 0 spiro atoms. The van der Waals surface area contributed by atoms with Gasteiger partial charge in [-0.15, -0.1) is 0 Å². The quantitative estimate of drug-likeness (QED) is 0.694. The van der Waals surface area contributed by atoms with E-state index in [1.165, 1.54) is 24.3 Å². The van der Waals surface area contributed by atoms with Gasteiger partial charge in [0.2, 0.25) is 0 Å². The van der Waals surface area contributed by atoms with Crippen LogP contribution in [0.25, 0.3) is 16.6 Å².